The maximum Gasteiger partial charge on any atom is 0.166 e. The van der Waals surface area contributed by atoms with Crippen molar-refractivity contribution in [3.8, 4) is 0 Å². The number of benzene rings is 1. The molecular formula is C12H13NO2. The average Bonchev–Trinajstić information content (AvgIpc) is 2.31. The highest BCUT2D eigenvalue weighted by Gasteiger charge is 2.40. The van der Waals surface area contributed by atoms with Crippen LogP contribution in [0.4, 0.5) is 5.69 Å². The van der Waals surface area contributed by atoms with E-state index in [1.807, 2.05) is 35.4 Å². The van der Waals surface area contributed by atoms with Gasteiger partial charge in [-0.25, -0.2) is 5.06 Å². The van der Waals surface area contributed by atoms with Gasteiger partial charge in [0.25, 0.3) is 0 Å². The monoisotopic (exact) mass is 203 g/mol. The minimum absolute atomic E-state index is 0.199. The summed E-state index contributed by atoms with van der Waals surface area (Å²) in [4.78, 5) is 17.1. The molecule has 0 N–H and O–H groups in total. The number of hydrogen-bond acceptors (Lipinski definition) is 3. The summed E-state index contributed by atoms with van der Waals surface area (Å²) in [6.07, 6.45) is 2.38. The summed E-state index contributed by atoms with van der Waals surface area (Å²) < 4.78 is 0. The van der Waals surface area contributed by atoms with Gasteiger partial charge in [-0.15, -0.1) is 0 Å². The van der Waals surface area contributed by atoms with Crippen LogP contribution in [-0.2, 0) is 9.63 Å². The minimum atomic E-state index is -0.199. The Hall–Kier alpha value is -1.35. The molecule has 3 aliphatic rings. The maximum atomic E-state index is 11.5. The molecule has 78 valence electrons. The quantitative estimate of drug-likeness (QED) is 0.698. The van der Waals surface area contributed by atoms with E-state index < -0.39 is 0 Å². The fourth-order valence-electron chi connectivity index (χ4n) is 2.35. The molecule has 2 unspecified atom stereocenters. The summed E-state index contributed by atoms with van der Waals surface area (Å²) in [5.74, 6) is 0.262. The molecule has 1 aromatic rings. The topological polar surface area (TPSA) is 29.5 Å². The molecule has 3 fully saturated rings. The first-order valence-electron chi connectivity index (χ1n) is 5.38. The Balaban J connectivity index is 1.88. The molecule has 1 aliphatic carbocycles. The first kappa shape index (κ1) is 8.92. The van der Waals surface area contributed by atoms with Gasteiger partial charge in [0.15, 0.2) is 5.78 Å². The fraction of sp³-hybridized carbons (Fsp3) is 0.417. The Morgan fingerprint density at radius 1 is 1.20 bits per heavy atom. The minimum Gasteiger partial charge on any atom is -0.297 e. The summed E-state index contributed by atoms with van der Waals surface area (Å²) in [5.41, 5.74) is 1.06. The third kappa shape index (κ3) is 1.43. The van der Waals surface area contributed by atoms with Gasteiger partial charge in [-0.2, -0.15) is 0 Å². The van der Waals surface area contributed by atoms with Crippen LogP contribution >= 0.6 is 0 Å². The second kappa shape index (κ2) is 3.35. The Morgan fingerprint density at radius 2 is 2.00 bits per heavy atom. The standard InChI is InChI=1S/C12H13NO2/c14-11-8-10-6-7-12(11)15-13(10)9-4-2-1-3-5-9/h1-5,10,12H,6-8H2. The Bertz CT molecular complexity index is 376. The van der Waals surface area contributed by atoms with Gasteiger partial charge in [-0.3, -0.25) is 9.63 Å². The number of carbonyl (C=O) groups excluding carboxylic acids is 1. The molecule has 0 radical (unpaired) electrons. The first-order chi connectivity index (χ1) is 7.34. The van der Waals surface area contributed by atoms with Gasteiger partial charge in [-0.1, -0.05) is 18.2 Å². The van der Waals surface area contributed by atoms with Crippen molar-refractivity contribution < 1.29 is 9.63 Å². The van der Waals surface area contributed by atoms with Gasteiger partial charge in [-0.05, 0) is 25.0 Å². The van der Waals surface area contributed by atoms with Crippen LogP contribution in [0.15, 0.2) is 30.3 Å². The Kier molecular flexibility index (Phi) is 1.99. The number of fused-ring (bicyclic) bond motifs is 3. The van der Waals surface area contributed by atoms with Crippen LogP contribution in [0.5, 0.6) is 0 Å². The molecule has 2 saturated heterocycles. The zero-order valence-corrected chi connectivity index (χ0v) is 8.43. The van der Waals surface area contributed by atoms with Crippen molar-refractivity contribution in [1.29, 1.82) is 0 Å². The highest BCUT2D eigenvalue weighted by atomic mass is 16.7. The first-order valence-corrected chi connectivity index (χ1v) is 5.38. The van der Waals surface area contributed by atoms with Gasteiger partial charge in [0.1, 0.15) is 6.10 Å². The molecule has 1 saturated carbocycles. The lowest BCUT2D eigenvalue weighted by molar-refractivity contribution is -0.146. The number of ketones is 1. The molecule has 0 amide bonds. The van der Waals surface area contributed by atoms with E-state index in [9.17, 15) is 4.79 Å². The molecule has 1 aromatic carbocycles. The van der Waals surface area contributed by atoms with Gasteiger partial charge in [0.05, 0.1) is 11.7 Å². The Labute approximate surface area is 88.6 Å². The average molecular weight is 203 g/mol. The normalized spacial score (nSPS) is 29.6. The molecule has 2 aliphatic heterocycles. The number of Topliss-reactive ketones (excluding diaryl/α,β-unsaturated/α-hetero) is 1. The van der Waals surface area contributed by atoms with E-state index >= 15 is 0 Å². The van der Waals surface area contributed by atoms with Crippen LogP contribution in [0, 0.1) is 0 Å². The summed E-state index contributed by atoms with van der Waals surface area (Å²) in [5, 5.41) is 1.91. The SMILES string of the molecule is O=C1CC2CCC1ON2c1ccccc1. The van der Waals surface area contributed by atoms with Gasteiger partial charge >= 0.3 is 0 Å². The molecule has 2 atom stereocenters. The number of carbonyl (C=O) groups is 1. The highest BCUT2D eigenvalue weighted by Crippen LogP contribution is 2.34. The van der Waals surface area contributed by atoms with Gasteiger partial charge in [0, 0.05) is 6.42 Å². The number of rotatable bonds is 1. The zero-order valence-electron chi connectivity index (χ0n) is 8.43. The predicted molar refractivity (Wildman–Crippen MR) is 56.4 cm³/mol. The lowest BCUT2D eigenvalue weighted by Crippen LogP contribution is -2.53. The van der Waals surface area contributed by atoms with Crippen LogP contribution in [-0.4, -0.2) is 17.9 Å². The van der Waals surface area contributed by atoms with Crippen molar-refractivity contribution in [3.05, 3.63) is 30.3 Å². The molecule has 2 bridgehead atoms. The van der Waals surface area contributed by atoms with Crippen molar-refractivity contribution in [2.45, 2.75) is 31.4 Å². The van der Waals surface area contributed by atoms with Crippen LogP contribution in [0.25, 0.3) is 0 Å². The largest absolute Gasteiger partial charge is 0.297 e. The molecule has 3 nitrogen and oxygen atoms in total. The van der Waals surface area contributed by atoms with Gasteiger partial charge < -0.3 is 0 Å². The van der Waals surface area contributed by atoms with Crippen molar-refractivity contribution in [2.24, 2.45) is 0 Å². The Morgan fingerprint density at radius 3 is 2.60 bits per heavy atom. The molecule has 3 heteroatoms. The summed E-state index contributed by atoms with van der Waals surface area (Å²) in [7, 11) is 0. The van der Waals surface area contributed by atoms with Gasteiger partial charge in [0.2, 0.25) is 0 Å². The number of para-hydroxylation sites is 1. The van der Waals surface area contributed by atoms with E-state index in [4.69, 9.17) is 4.84 Å². The second-order valence-corrected chi connectivity index (χ2v) is 4.16. The van der Waals surface area contributed by atoms with E-state index in [-0.39, 0.29) is 17.9 Å². The highest BCUT2D eigenvalue weighted by molar-refractivity contribution is 5.86. The van der Waals surface area contributed by atoms with E-state index in [0.717, 1.165) is 18.5 Å². The smallest absolute Gasteiger partial charge is 0.166 e. The van der Waals surface area contributed by atoms with E-state index in [2.05, 4.69) is 0 Å². The molecule has 4 rings (SSSR count). The molecule has 2 heterocycles. The number of hydroxylamine groups is 1. The van der Waals surface area contributed by atoms with Crippen LogP contribution in [0.1, 0.15) is 19.3 Å². The number of nitrogens with zero attached hydrogens (tertiary/aromatic N) is 1. The van der Waals surface area contributed by atoms with Crippen molar-refractivity contribution in [2.75, 3.05) is 5.06 Å². The lowest BCUT2D eigenvalue weighted by atomic mass is 9.89. The van der Waals surface area contributed by atoms with Crippen molar-refractivity contribution in [3.63, 3.8) is 0 Å². The molecule has 0 spiro atoms. The fourth-order valence-corrected chi connectivity index (χ4v) is 2.35. The summed E-state index contributed by atoms with van der Waals surface area (Å²) in [6, 6.07) is 10.2. The molecular weight excluding hydrogens is 190 g/mol. The van der Waals surface area contributed by atoms with Crippen LogP contribution < -0.4 is 5.06 Å². The number of anilines is 1. The summed E-state index contributed by atoms with van der Waals surface area (Å²) in [6.45, 7) is 0. The van der Waals surface area contributed by atoms with Crippen LogP contribution in [0.2, 0.25) is 0 Å². The predicted octanol–water partition coefficient (Wildman–Crippen LogP) is 1.93. The van der Waals surface area contributed by atoms with Crippen LogP contribution in [0.3, 0.4) is 0 Å². The second-order valence-electron chi connectivity index (χ2n) is 4.16. The van der Waals surface area contributed by atoms with Crippen molar-refractivity contribution >= 4 is 11.5 Å². The third-order valence-electron chi connectivity index (χ3n) is 3.14. The van der Waals surface area contributed by atoms with E-state index in [1.54, 1.807) is 0 Å². The van der Waals surface area contributed by atoms with E-state index in [0.29, 0.717) is 6.42 Å². The third-order valence-corrected chi connectivity index (χ3v) is 3.14. The number of hydrogen-bond donors (Lipinski definition) is 0. The van der Waals surface area contributed by atoms with E-state index in [1.165, 1.54) is 0 Å². The maximum absolute atomic E-state index is 11.5. The lowest BCUT2D eigenvalue weighted by Gasteiger charge is -2.44. The zero-order chi connectivity index (χ0) is 10.3. The summed E-state index contributed by atoms with van der Waals surface area (Å²) >= 11 is 0. The molecule has 0 aromatic heterocycles. The van der Waals surface area contributed by atoms with Crippen molar-refractivity contribution in [1.82, 2.24) is 0 Å². The molecule has 15 heavy (non-hydrogen) atoms.